The summed E-state index contributed by atoms with van der Waals surface area (Å²) in [5, 5.41) is 8.87. The number of aryl methyl sites for hydroxylation is 1. The van der Waals surface area contributed by atoms with Crippen molar-refractivity contribution in [2.45, 2.75) is 19.9 Å². The van der Waals surface area contributed by atoms with Gasteiger partial charge in [-0.25, -0.2) is 4.98 Å². The first-order valence-corrected chi connectivity index (χ1v) is 6.05. The molecular formula is C14H16N2O3. The summed E-state index contributed by atoms with van der Waals surface area (Å²) in [4.78, 5) is 14.8. The third-order valence-electron chi connectivity index (χ3n) is 2.97. The first-order valence-electron chi connectivity index (χ1n) is 6.05. The average molecular weight is 260 g/mol. The number of imidazole rings is 1. The van der Waals surface area contributed by atoms with Crippen molar-refractivity contribution in [3.8, 4) is 17.0 Å². The number of hydrogen-bond acceptors (Lipinski definition) is 3. The highest BCUT2D eigenvalue weighted by molar-refractivity contribution is 5.69. The minimum absolute atomic E-state index is 0.0944. The molecule has 1 aromatic heterocycles. The molecule has 0 fully saturated rings. The third-order valence-corrected chi connectivity index (χ3v) is 2.97. The van der Waals surface area contributed by atoms with E-state index < -0.39 is 5.97 Å². The van der Waals surface area contributed by atoms with Crippen molar-refractivity contribution in [2.75, 3.05) is 7.11 Å². The van der Waals surface area contributed by atoms with Crippen LogP contribution in [0, 0.1) is 0 Å². The van der Waals surface area contributed by atoms with Crippen molar-refractivity contribution in [2.24, 2.45) is 0 Å². The van der Waals surface area contributed by atoms with Gasteiger partial charge in [0.15, 0.2) is 0 Å². The van der Waals surface area contributed by atoms with Crippen molar-refractivity contribution < 1.29 is 14.6 Å². The first-order chi connectivity index (χ1) is 9.15. The summed E-state index contributed by atoms with van der Waals surface area (Å²) < 4.78 is 6.90. The van der Waals surface area contributed by atoms with Crippen LogP contribution in [0.2, 0.25) is 0 Å². The molecule has 0 amide bonds. The minimum atomic E-state index is -0.886. The molecule has 0 spiro atoms. The fourth-order valence-corrected chi connectivity index (χ4v) is 2.05. The molecule has 19 heavy (non-hydrogen) atoms. The smallest absolute Gasteiger partial charge is 0.323 e. The molecule has 2 aromatic rings. The summed E-state index contributed by atoms with van der Waals surface area (Å²) >= 11 is 0. The SMILES string of the molecule is CCc1cc(-c2cncn2CC(=O)O)ccc1OC. The zero-order valence-corrected chi connectivity index (χ0v) is 11.0. The quantitative estimate of drug-likeness (QED) is 0.895. The molecule has 5 nitrogen and oxygen atoms in total. The second-order valence-electron chi connectivity index (χ2n) is 4.18. The predicted octanol–water partition coefficient (Wildman–Crippen LogP) is 2.21. The van der Waals surface area contributed by atoms with Crippen LogP contribution in [-0.4, -0.2) is 27.7 Å². The monoisotopic (exact) mass is 260 g/mol. The Morgan fingerprint density at radius 2 is 2.26 bits per heavy atom. The van der Waals surface area contributed by atoms with Crippen molar-refractivity contribution >= 4 is 5.97 Å². The Balaban J connectivity index is 2.42. The average Bonchev–Trinajstić information content (AvgIpc) is 2.85. The van der Waals surface area contributed by atoms with Crippen LogP contribution in [0.1, 0.15) is 12.5 Å². The van der Waals surface area contributed by atoms with E-state index in [1.54, 1.807) is 17.9 Å². The maximum atomic E-state index is 10.8. The zero-order valence-electron chi connectivity index (χ0n) is 11.0. The van der Waals surface area contributed by atoms with Gasteiger partial charge in [-0.15, -0.1) is 0 Å². The zero-order chi connectivity index (χ0) is 13.8. The van der Waals surface area contributed by atoms with E-state index in [2.05, 4.69) is 11.9 Å². The Bertz CT molecular complexity index is 590. The second kappa shape index (κ2) is 5.56. The van der Waals surface area contributed by atoms with Gasteiger partial charge in [-0.1, -0.05) is 6.92 Å². The van der Waals surface area contributed by atoms with Crippen LogP contribution in [0.3, 0.4) is 0 Å². The van der Waals surface area contributed by atoms with Gasteiger partial charge in [0.25, 0.3) is 0 Å². The number of benzene rings is 1. The number of carboxylic acids is 1. The highest BCUT2D eigenvalue weighted by atomic mass is 16.5. The molecule has 0 saturated carbocycles. The van der Waals surface area contributed by atoms with Gasteiger partial charge in [0, 0.05) is 5.56 Å². The lowest BCUT2D eigenvalue weighted by molar-refractivity contribution is -0.137. The summed E-state index contributed by atoms with van der Waals surface area (Å²) in [5.41, 5.74) is 2.82. The molecule has 0 unspecified atom stereocenters. The lowest BCUT2D eigenvalue weighted by atomic mass is 10.1. The van der Waals surface area contributed by atoms with E-state index >= 15 is 0 Å². The normalized spacial score (nSPS) is 10.4. The molecular weight excluding hydrogens is 244 g/mol. The minimum Gasteiger partial charge on any atom is -0.496 e. The van der Waals surface area contributed by atoms with Gasteiger partial charge >= 0.3 is 5.97 Å². The Morgan fingerprint density at radius 1 is 1.47 bits per heavy atom. The number of carbonyl (C=O) groups is 1. The van der Waals surface area contributed by atoms with Crippen LogP contribution in [0.25, 0.3) is 11.3 Å². The van der Waals surface area contributed by atoms with Crippen molar-refractivity contribution in [1.29, 1.82) is 0 Å². The van der Waals surface area contributed by atoms with Crippen LogP contribution in [0.4, 0.5) is 0 Å². The van der Waals surface area contributed by atoms with E-state index in [0.29, 0.717) is 0 Å². The van der Waals surface area contributed by atoms with Gasteiger partial charge in [0.2, 0.25) is 0 Å². The fourth-order valence-electron chi connectivity index (χ4n) is 2.05. The number of hydrogen-bond donors (Lipinski definition) is 1. The number of nitrogens with zero attached hydrogens (tertiary/aromatic N) is 2. The molecule has 1 N–H and O–H groups in total. The third kappa shape index (κ3) is 2.76. The van der Waals surface area contributed by atoms with Gasteiger partial charge in [-0.3, -0.25) is 4.79 Å². The summed E-state index contributed by atoms with van der Waals surface area (Å²) in [5.74, 6) is -0.0426. The van der Waals surface area contributed by atoms with Gasteiger partial charge in [-0.2, -0.15) is 0 Å². The van der Waals surface area contributed by atoms with Crippen molar-refractivity contribution in [3.63, 3.8) is 0 Å². The Labute approximate surface area is 111 Å². The van der Waals surface area contributed by atoms with E-state index in [9.17, 15) is 4.79 Å². The highest BCUT2D eigenvalue weighted by Gasteiger charge is 2.10. The molecule has 0 atom stereocenters. The molecule has 5 heteroatoms. The van der Waals surface area contributed by atoms with E-state index in [1.165, 1.54) is 6.33 Å². The predicted molar refractivity (Wildman–Crippen MR) is 71.2 cm³/mol. The van der Waals surface area contributed by atoms with E-state index in [0.717, 1.165) is 29.0 Å². The highest BCUT2D eigenvalue weighted by Crippen LogP contribution is 2.26. The van der Waals surface area contributed by atoms with Gasteiger partial charge < -0.3 is 14.4 Å². The van der Waals surface area contributed by atoms with E-state index in [4.69, 9.17) is 9.84 Å². The molecule has 0 aliphatic heterocycles. The molecule has 0 aliphatic carbocycles. The molecule has 100 valence electrons. The molecule has 2 rings (SSSR count). The number of aromatic nitrogens is 2. The van der Waals surface area contributed by atoms with Gasteiger partial charge in [-0.05, 0) is 30.2 Å². The number of aliphatic carboxylic acids is 1. The largest absolute Gasteiger partial charge is 0.496 e. The number of methoxy groups -OCH3 is 1. The lowest BCUT2D eigenvalue weighted by Gasteiger charge is -2.10. The van der Waals surface area contributed by atoms with Crippen molar-refractivity contribution in [1.82, 2.24) is 9.55 Å². The summed E-state index contributed by atoms with van der Waals surface area (Å²) in [6.45, 7) is 1.96. The van der Waals surface area contributed by atoms with Gasteiger partial charge in [0.05, 0.1) is 25.3 Å². The fraction of sp³-hybridized carbons (Fsp3) is 0.286. The van der Waals surface area contributed by atoms with Crippen LogP contribution >= 0.6 is 0 Å². The second-order valence-corrected chi connectivity index (χ2v) is 4.18. The van der Waals surface area contributed by atoms with Crippen LogP contribution < -0.4 is 4.74 Å². The van der Waals surface area contributed by atoms with Crippen molar-refractivity contribution in [3.05, 3.63) is 36.3 Å². The molecule has 0 aliphatic rings. The molecule has 0 radical (unpaired) electrons. The molecule has 1 heterocycles. The Hall–Kier alpha value is -2.30. The number of ether oxygens (including phenoxy) is 1. The maximum absolute atomic E-state index is 10.8. The summed E-state index contributed by atoms with van der Waals surface area (Å²) in [6, 6.07) is 5.81. The summed E-state index contributed by atoms with van der Waals surface area (Å²) in [6.07, 6.45) is 4.05. The van der Waals surface area contributed by atoms with Gasteiger partial charge in [0.1, 0.15) is 12.3 Å². The van der Waals surface area contributed by atoms with Crippen LogP contribution in [0.5, 0.6) is 5.75 Å². The topological polar surface area (TPSA) is 64.4 Å². The maximum Gasteiger partial charge on any atom is 0.323 e. The van der Waals surface area contributed by atoms with E-state index in [1.807, 2.05) is 18.2 Å². The lowest BCUT2D eigenvalue weighted by Crippen LogP contribution is -2.08. The standard InChI is InChI=1S/C14H16N2O3/c1-3-10-6-11(4-5-13(10)19-2)12-7-15-9-16(12)8-14(17)18/h4-7,9H,3,8H2,1-2H3,(H,17,18). The van der Waals surface area contributed by atoms with Crippen LogP contribution in [0.15, 0.2) is 30.7 Å². The Kier molecular flexibility index (Phi) is 3.85. The molecule has 1 aromatic carbocycles. The molecule has 0 saturated heterocycles. The van der Waals surface area contributed by atoms with E-state index in [-0.39, 0.29) is 6.54 Å². The molecule has 0 bridgehead atoms. The number of rotatable bonds is 5. The summed E-state index contributed by atoms with van der Waals surface area (Å²) in [7, 11) is 1.64. The number of carboxylic acid groups (broad SMARTS) is 1. The van der Waals surface area contributed by atoms with Crippen LogP contribution in [-0.2, 0) is 17.8 Å². The Morgan fingerprint density at radius 3 is 2.89 bits per heavy atom. The first kappa shape index (κ1) is 13.1.